The van der Waals surface area contributed by atoms with E-state index < -0.39 is 6.10 Å². The van der Waals surface area contributed by atoms with Crippen LogP contribution < -0.4 is 0 Å². The minimum atomic E-state index is -0.677. The molecule has 4 aliphatic rings. The highest BCUT2D eigenvalue weighted by Gasteiger charge is 2.58. The van der Waals surface area contributed by atoms with Crippen molar-refractivity contribution in [1.82, 2.24) is 4.90 Å². The number of β-amino-alcohol motifs (C(OH)–C–C–N with tert-alkyl or cyclic N) is 1. The number of amides is 2. The highest BCUT2D eigenvalue weighted by molar-refractivity contribution is 6.21. The zero-order valence-corrected chi connectivity index (χ0v) is 28.0. The van der Waals surface area contributed by atoms with Crippen molar-refractivity contribution in [2.45, 2.75) is 131 Å². The Balaban J connectivity index is 1.14. The summed E-state index contributed by atoms with van der Waals surface area (Å²) in [6.45, 7) is 15.0. The minimum absolute atomic E-state index is 0.0863. The lowest BCUT2D eigenvalue weighted by molar-refractivity contribution is -0.0456. The lowest BCUT2D eigenvalue weighted by atomic mass is 9.48. The summed E-state index contributed by atoms with van der Waals surface area (Å²) in [5, 5.41) is 10.7. The Morgan fingerprint density at radius 1 is 0.907 bits per heavy atom. The molecule has 0 saturated heterocycles. The third-order valence-corrected chi connectivity index (χ3v) is 13.1. The minimum Gasteiger partial charge on any atom is -0.391 e. The van der Waals surface area contributed by atoms with Gasteiger partial charge >= 0.3 is 0 Å². The maximum Gasteiger partial charge on any atom is 0.261 e. The number of rotatable bonds is 13. The number of benzene rings is 1. The average Bonchev–Trinajstić information content (AvgIpc) is 3.46. The topological polar surface area (TPSA) is 57.6 Å². The molecule has 4 nitrogen and oxygen atoms in total. The molecule has 1 heterocycles. The number of hydrogen-bond donors (Lipinski definition) is 1. The van der Waals surface area contributed by atoms with Crippen molar-refractivity contribution in [3.05, 3.63) is 47.0 Å². The van der Waals surface area contributed by atoms with E-state index in [2.05, 4.69) is 47.6 Å². The summed E-state index contributed by atoms with van der Waals surface area (Å²) >= 11 is 0. The molecule has 0 aromatic heterocycles. The zero-order chi connectivity index (χ0) is 30.9. The molecule has 8 atom stereocenters. The van der Waals surface area contributed by atoms with Crippen LogP contribution in [0.2, 0.25) is 0 Å². The number of nitrogens with zero attached hydrogens (tertiary/aromatic N) is 1. The lowest BCUT2D eigenvalue weighted by Gasteiger charge is -2.57. The number of aliphatic hydroxyl groups is 1. The van der Waals surface area contributed by atoms with Gasteiger partial charge in [-0.2, -0.15) is 0 Å². The molecule has 5 rings (SSSR count). The van der Waals surface area contributed by atoms with Crippen molar-refractivity contribution in [2.24, 2.45) is 46.3 Å². The van der Waals surface area contributed by atoms with Gasteiger partial charge in [-0.15, -0.1) is 0 Å². The molecule has 3 aliphatic carbocycles. The van der Waals surface area contributed by atoms with E-state index in [0.29, 0.717) is 23.0 Å². The molecule has 238 valence electrons. The molecule has 0 radical (unpaired) electrons. The summed E-state index contributed by atoms with van der Waals surface area (Å²) in [5.41, 5.74) is 3.37. The second-order valence-electron chi connectivity index (χ2n) is 15.8. The van der Waals surface area contributed by atoms with Gasteiger partial charge < -0.3 is 5.11 Å². The number of unbranched alkanes of at least 4 members (excludes halogenated alkanes) is 1. The van der Waals surface area contributed by atoms with Gasteiger partial charge in [0.2, 0.25) is 0 Å². The van der Waals surface area contributed by atoms with Crippen LogP contribution in [0.3, 0.4) is 0 Å². The van der Waals surface area contributed by atoms with Gasteiger partial charge in [-0.1, -0.05) is 91.0 Å². The van der Waals surface area contributed by atoms with Crippen molar-refractivity contribution < 1.29 is 14.7 Å². The second kappa shape index (κ2) is 13.2. The van der Waals surface area contributed by atoms with Gasteiger partial charge in [-0.25, -0.2) is 0 Å². The molecular formula is C39H59NO3. The monoisotopic (exact) mass is 589 g/mol. The highest BCUT2D eigenvalue weighted by Crippen LogP contribution is 2.66. The summed E-state index contributed by atoms with van der Waals surface area (Å²) in [6.07, 6.45) is 17.9. The van der Waals surface area contributed by atoms with Gasteiger partial charge in [0, 0.05) is 0 Å². The SMILES string of the molecule is CCC1(C)C(CCCCC(O)CN2C(=O)c3ccccc3C2=O)=CCC2C1CCC1(C)C(C(C)CCCC(C)C)CCC21. The van der Waals surface area contributed by atoms with Crippen molar-refractivity contribution in [2.75, 3.05) is 6.54 Å². The molecule has 1 aliphatic heterocycles. The van der Waals surface area contributed by atoms with E-state index in [4.69, 9.17) is 0 Å². The van der Waals surface area contributed by atoms with Crippen LogP contribution in [0.1, 0.15) is 146 Å². The number of carbonyl (C=O) groups is 2. The summed E-state index contributed by atoms with van der Waals surface area (Å²) in [7, 11) is 0. The first-order valence-corrected chi connectivity index (χ1v) is 17.8. The van der Waals surface area contributed by atoms with Gasteiger partial charge in [0.15, 0.2) is 0 Å². The van der Waals surface area contributed by atoms with Crippen molar-refractivity contribution in [3.63, 3.8) is 0 Å². The Kier molecular flexibility index (Phi) is 9.96. The smallest absolute Gasteiger partial charge is 0.261 e. The molecule has 1 aromatic rings. The molecule has 2 amide bonds. The first-order chi connectivity index (χ1) is 20.5. The van der Waals surface area contributed by atoms with Crippen LogP contribution in [0.15, 0.2) is 35.9 Å². The molecule has 4 heteroatoms. The van der Waals surface area contributed by atoms with E-state index in [1.54, 1.807) is 29.8 Å². The van der Waals surface area contributed by atoms with E-state index in [0.717, 1.165) is 54.8 Å². The molecule has 2 fully saturated rings. The van der Waals surface area contributed by atoms with Gasteiger partial charge in [-0.3, -0.25) is 14.5 Å². The van der Waals surface area contributed by atoms with Gasteiger partial charge in [0.25, 0.3) is 11.8 Å². The predicted octanol–water partition coefficient (Wildman–Crippen LogP) is 9.47. The standard InChI is InChI=1S/C39H59NO3/c1-7-38(5)28(15-8-9-16-29(41)25-40-36(42)30-17-10-11-18-31(30)37(40)43)19-20-32-34-22-21-33(27(4)14-12-13-26(2)3)39(34,6)24-23-35(32)38/h10-11,17-19,26-27,29,32-35,41H,7-9,12-16,20-25H2,1-6H3. The Morgan fingerprint density at radius 3 is 2.26 bits per heavy atom. The van der Waals surface area contributed by atoms with Crippen LogP contribution in [0.4, 0.5) is 0 Å². The van der Waals surface area contributed by atoms with Gasteiger partial charge in [0.05, 0.1) is 23.8 Å². The number of carbonyl (C=O) groups excluding carboxylic acids is 2. The molecule has 43 heavy (non-hydrogen) atoms. The number of hydrogen-bond acceptors (Lipinski definition) is 3. The summed E-state index contributed by atoms with van der Waals surface area (Å²) < 4.78 is 0. The first kappa shape index (κ1) is 32.5. The fourth-order valence-corrected chi connectivity index (χ4v) is 10.5. The number of imide groups is 1. The fraction of sp³-hybridized carbons (Fsp3) is 0.744. The number of allylic oxidation sites excluding steroid dienone is 2. The van der Waals surface area contributed by atoms with E-state index in [1.807, 2.05) is 0 Å². The van der Waals surface area contributed by atoms with Crippen LogP contribution in [0.5, 0.6) is 0 Å². The summed E-state index contributed by atoms with van der Waals surface area (Å²) in [4.78, 5) is 26.6. The molecule has 8 unspecified atom stereocenters. The number of aliphatic hydroxyl groups excluding tert-OH is 1. The molecule has 2 saturated carbocycles. The predicted molar refractivity (Wildman–Crippen MR) is 176 cm³/mol. The normalized spacial score (nSPS) is 33.3. The third kappa shape index (κ3) is 6.16. The van der Waals surface area contributed by atoms with Crippen molar-refractivity contribution >= 4 is 11.8 Å². The zero-order valence-electron chi connectivity index (χ0n) is 28.0. The summed E-state index contributed by atoms with van der Waals surface area (Å²) in [6, 6.07) is 6.96. The Morgan fingerprint density at radius 2 is 1.60 bits per heavy atom. The molecule has 0 spiro atoms. The Bertz CT molecular complexity index is 1150. The maximum atomic E-state index is 12.7. The van der Waals surface area contributed by atoms with Crippen molar-refractivity contribution in [3.8, 4) is 0 Å². The fourth-order valence-electron chi connectivity index (χ4n) is 10.5. The number of fused-ring (bicyclic) bond motifs is 4. The second-order valence-corrected chi connectivity index (χ2v) is 15.8. The van der Waals surface area contributed by atoms with Crippen molar-refractivity contribution in [1.29, 1.82) is 0 Å². The van der Waals surface area contributed by atoms with E-state index in [1.165, 1.54) is 62.7 Å². The van der Waals surface area contributed by atoms with Crippen LogP contribution >= 0.6 is 0 Å². The molecule has 0 bridgehead atoms. The molecular weight excluding hydrogens is 530 g/mol. The van der Waals surface area contributed by atoms with E-state index >= 15 is 0 Å². The largest absolute Gasteiger partial charge is 0.391 e. The molecule has 1 N–H and O–H groups in total. The van der Waals surface area contributed by atoms with Crippen LogP contribution in [0.25, 0.3) is 0 Å². The Labute approximate surface area is 262 Å². The van der Waals surface area contributed by atoms with Gasteiger partial charge in [0.1, 0.15) is 0 Å². The van der Waals surface area contributed by atoms with Gasteiger partial charge in [-0.05, 0) is 116 Å². The van der Waals surface area contributed by atoms with E-state index in [-0.39, 0.29) is 23.8 Å². The van der Waals surface area contributed by atoms with Crippen LogP contribution in [-0.4, -0.2) is 34.5 Å². The third-order valence-electron chi connectivity index (χ3n) is 13.1. The average molecular weight is 590 g/mol. The summed E-state index contributed by atoms with van der Waals surface area (Å²) in [5.74, 6) is 4.52. The highest BCUT2D eigenvalue weighted by atomic mass is 16.3. The molecule has 1 aromatic carbocycles. The first-order valence-electron chi connectivity index (χ1n) is 17.8. The lowest BCUT2D eigenvalue weighted by Crippen LogP contribution is -2.49. The maximum absolute atomic E-state index is 12.7. The Hall–Kier alpha value is -1.94. The van der Waals surface area contributed by atoms with Crippen LogP contribution in [-0.2, 0) is 0 Å². The van der Waals surface area contributed by atoms with E-state index in [9.17, 15) is 14.7 Å². The quantitative estimate of drug-likeness (QED) is 0.142. The van der Waals surface area contributed by atoms with Crippen LogP contribution in [0, 0.1) is 46.3 Å².